The predicted molar refractivity (Wildman–Crippen MR) is 112 cm³/mol. The van der Waals surface area contributed by atoms with E-state index >= 15 is 0 Å². The summed E-state index contributed by atoms with van der Waals surface area (Å²) >= 11 is 0. The maximum Gasteiger partial charge on any atom is 0.354 e. The van der Waals surface area contributed by atoms with Crippen molar-refractivity contribution in [2.24, 2.45) is 4.99 Å². The number of anilines is 3. The molecule has 0 saturated carbocycles. The summed E-state index contributed by atoms with van der Waals surface area (Å²) < 4.78 is 0. The van der Waals surface area contributed by atoms with E-state index in [4.69, 9.17) is 0 Å². The summed E-state index contributed by atoms with van der Waals surface area (Å²) in [6, 6.07) is 13.4. The van der Waals surface area contributed by atoms with Crippen molar-refractivity contribution in [2.45, 2.75) is 13.8 Å². The largest absolute Gasteiger partial charge is 0.477 e. The van der Waals surface area contributed by atoms with E-state index in [0.29, 0.717) is 22.7 Å². The van der Waals surface area contributed by atoms with E-state index in [1.165, 1.54) is 26.1 Å². The number of amides is 2. The molecule has 2 amide bonds. The topological polar surface area (TPSA) is 132 Å². The number of benzene rings is 2. The first-order valence-corrected chi connectivity index (χ1v) is 8.59. The van der Waals surface area contributed by atoms with Gasteiger partial charge in [0.05, 0.1) is 11.4 Å². The van der Waals surface area contributed by atoms with Gasteiger partial charge in [-0.15, -0.1) is 0 Å². The number of carboxylic acids is 1. The standard InChI is InChI=1S/C20H21N5O4/c1-13(26)22-15-3-5-17(6-4-15)24-19(20(28)29)11-12-21-25-18-9-7-16(8-10-18)23-14(2)27/h3-12,21,25H,1-2H3,(H,22,26)(H,23,27)(H,28,29)/b12-11+,24-19?. The first kappa shape index (κ1) is 21.2. The Morgan fingerprint density at radius 3 is 1.79 bits per heavy atom. The second kappa shape index (κ2) is 10.3. The van der Waals surface area contributed by atoms with Gasteiger partial charge in [0.2, 0.25) is 11.8 Å². The minimum absolute atomic E-state index is 0.156. The molecule has 0 unspecified atom stereocenters. The number of aliphatic imine (C=N–C) groups is 1. The van der Waals surface area contributed by atoms with Crippen LogP contribution >= 0.6 is 0 Å². The molecule has 29 heavy (non-hydrogen) atoms. The second-order valence-electron chi connectivity index (χ2n) is 5.89. The minimum Gasteiger partial charge on any atom is -0.477 e. The Hall–Kier alpha value is -4.14. The normalized spacial score (nSPS) is 11.0. The third-order valence-corrected chi connectivity index (χ3v) is 3.40. The van der Waals surface area contributed by atoms with Gasteiger partial charge in [-0.25, -0.2) is 9.79 Å². The van der Waals surface area contributed by atoms with Crippen LogP contribution in [-0.2, 0) is 14.4 Å². The maximum atomic E-state index is 11.4. The summed E-state index contributed by atoms with van der Waals surface area (Å²) in [6.45, 7) is 2.83. The first-order chi connectivity index (χ1) is 13.8. The van der Waals surface area contributed by atoms with Gasteiger partial charge in [-0.2, -0.15) is 0 Å². The van der Waals surface area contributed by atoms with Crippen molar-refractivity contribution >= 4 is 46.2 Å². The average molecular weight is 395 g/mol. The molecule has 0 aliphatic carbocycles. The van der Waals surface area contributed by atoms with Crippen molar-refractivity contribution in [1.29, 1.82) is 0 Å². The van der Waals surface area contributed by atoms with Gasteiger partial charge in [0.1, 0.15) is 5.71 Å². The molecule has 0 aliphatic rings. The lowest BCUT2D eigenvalue weighted by atomic mass is 10.2. The van der Waals surface area contributed by atoms with Gasteiger partial charge in [-0.05, 0) is 54.6 Å². The molecule has 0 radical (unpaired) electrons. The van der Waals surface area contributed by atoms with Gasteiger partial charge in [0, 0.05) is 31.4 Å². The summed E-state index contributed by atoms with van der Waals surface area (Å²) in [4.78, 5) is 37.5. The molecule has 5 N–H and O–H groups in total. The molecular weight excluding hydrogens is 374 g/mol. The lowest BCUT2D eigenvalue weighted by Crippen LogP contribution is -2.16. The molecule has 0 heterocycles. The molecule has 9 nitrogen and oxygen atoms in total. The SMILES string of the molecule is CC(=O)Nc1ccc(N=C(/C=C/NNc2ccc(NC(C)=O)cc2)C(=O)O)cc1. The number of hydrogen-bond acceptors (Lipinski definition) is 6. The first-order valence-electron chi connectivity index (χ1n) is 8.59. The number of carbonyl (C=O) groups is 3. The van der Waals surface area contributed by atoms with Crippen molar-refractivity contribution in [2.75, 3.05) is 16.1 Å². The van der Waals surface area contributed by atoms with E-state index in [1.807, 2.05) is 0 Å². The summed E-state index contributed by atoms with van der Waals surface area (Å²) in [5.41, 5.74) is 7.87. The zero-order valence-electron chi connectivity index (χ0n) is 15.9. The van der Waals surface area contributed by atoms with Crippen molar-refractivity contribution < 1.29 is 19.5 Å². The Balaban J connectivity index is 1.96. The zero-order valence-corrected chi connectivity index (χ0v) is 15.9. The Morgan fingerprint density at radius 2 is 1.31 bits per heavy atom. The van der Waals surface area contributed by atoms with Crippen LogP contribution < -0.4 is 21.5 Å². The van der Waals surface area contributed by atoms with Crippen LogP contribution in [0.1, 0.15) is 13.8 Å². The quantitative estimate of drug-likeness (QED) is 0.345. The van der Waals surface area contributed by atoms with Gasteiger partial charge in [0.25, 0.3) is 0 Å². The fraction of sp³-hybridized carbons (Fsp3) is 0.100. The van der Waals surface area contributed by atoms with Crippen LogP contribution in [0.25, 0.3) is 0 Å². The molecule has 0 aliphatic heterocycles. The third-order valence-electron chi connectivity index (χ3n) is 3.40. The highest BCUT2D eigenvalue weighted by atomic mass is 16.4. The average Bonchev–Trinajstić information content (AvgIpc) is 2.66. The van der Waals surface area contributed by atoms with E-state index in [9.17, 15) is 19.5 Å². The molecule has 2 rings (SSSR count). The minimum atomic E-state index is -1.19. The number of rotatable bonds is 8. The fourth-order valence-electron chi connectivity index (χ4n) is 2.20. The Kier molecular flexibility index (Phi) is 7.49. The van der Waals surface area contributed by atoms with Crippen LogP contribution in [0.2, 0.25) is 0 Å². The van der Waals surface area contributed by atoms with Gasteiger partial charge in [-0.1, -0.05) is 0 Å². The number of hydrazine groups is 1. The third kappa shape index (κ3) is 7.55. The molecule has 0 spiro atoms. The summed E-state index contributed by atoms with van der Waals surface area (Å²) in [6.07, 6.45) is 2.71. The van der Waals surface area contributed by atoms with Crippen molar-refractivity contribution in [3.63, 3.8) is 0 Å². The Labute approximate surface area is 167 Å². The van der Waals surface area contributed by atoms with Crippen LogP contribution in [0.5, 0.6) is 0 Å². The Bertz CT molecular complexity index is 934. The highest BCUT2D eigenvalue weighted by Gasteiger charge is 2.05. The van der Waals surface area contributed by atoms with Crippen LogP contribution in [-0.4, -0.2) is 28.6 Å². The molecule has 0 bridgehead atoms. The van der Waals surface area contributed by atoms with Crippen LogP contribution in [0, 0.1) is 0 Å². The summed E-state index contributed by atoms with van der Waals surface area (Å²) in [5.74, 6) is -1.54. The number of carbonyl (C=O) groups excluding carboxylic acids is 2. The molecule has 2 aromatic rings. The van der Waals surface area contributed by atoms with Gasteiger partial charge in [-0.3, -0.25) is 9.59 Å². The molecule has 0 saturated heterocycles. The molecule has 0 atom stereocenters. The lowest BCUT2D eigenvalue weighted by Gasteiger charge is -2.07. The molecule has 2 aromatic carbocycles. The number of nitrogens with one attached hydrogen (secondary N) is 4. The number of nitrogens with zero attached hydrogens (tertiary/aromatic N) is 1. The molecule has 0 fully saturated rings. The van der Waals surface area contributed by atoms with Gasteiger partial charge < -0.3 is 26.6 Å². The van der Waals surface area contributed by atoms with Crippen LogP contribution in [0.3, 0.4) is 0 Å². The second-order valence-corrected chi connectivity index (χ2v) is 5.89. The zero-order chi connectivity index (χ0) is 21.2. The number of hydrogen-bond donors (Lipinski definition) is 5. The van der Waals surface area contributed by atoms with E-state index in [1.54, 1.807) is 48.5 Å². The van der Waals surface area contributed by atoms with E-state index < -0.39 is 5.97 Å². The van der Waals surface area contributed by atoms with Crippen molar-refractivity contribution in [3.8, 4) is 0 Å². The number of carboxylic acid groups (broad SMARTS) is 1. The summed E-state index contributed by atoms with van der Waals surface area (Å²) in [7, 11) is 0. The van der Waals surface area contributed by atoms with Gasteiger partial charge in [0.15, 0.2) is 0 Å². The lowest BCUT2D eigenvalue weighted by molar-refractivity contribution is -0.129. The predicted octanol–water partition coefficient (Wildman–Crippen LogP) is 2.89. The fourth-order valence-corrected chi connectivity index (χ4v) is 2.20. The molecule has 150 valence electrons. The Morgan fingerprint density at radius 1 is 0.828 bits per heavy atom. The molecule has 0 aromatic heterocycles. The van der Waals surface area contributed by atoms with Crippen molar-refractivity contribution in [1.82, 2.24) is 5.43 Å². The van der Waals surface area contributed by atoms with E-state index in [0.717, 1.165) is 0 Å². The monoisotopic (exact) mass is 395 g/mol. The number of aliphatic carboxylic acids is 1. The van der Waals surface area contributed by atoms with E-state index in [2.05, 4.69) is 26.5 Å². The highest BCUT2D eigenvalue weighted by Crippen LogP contribution is 2.17. The maximum absolute atomic E-state index is 11.4. The summed E-state index contributed by atoms with van der Waals surface area (Å²) in [5, 5.41) is 14.6. The van der Waals surface area contributed by atoms with Crippen molar-refractivity contribution in [3.05, 3.63) is 60.8 Å². The van der Waals surface area contributed by atoms with Crippen LogP contribution in [0.15, 0.2) is 65.8 Å². The molecular formula is C20H21N5O4. The molecule has 9 heteroatoms. The van der Waals surface area contributed by atoms with Gasteiger partial charge >= 0.3 is 5.97 Å². The van der Waals surface area contributed by atoms with E-state index in [-0.39, 0.29) is 17.5 Å². The van der Waals surface area contributed by atoms with Crippen LogP contribution in [0.4, 0.5) is 22.7 Å². The highest BCUT2D eigenvalue weighted by molar-refractivity contribution is 6.40. The smallest absolute Gasteiger partial charge is 0.354 e.